The highest BCUT2D eigenvalue weighted by Crippen LogP contribution is 2.45. The standard InChI is InChI=1S/C27H36FN7O3/c1-17(36)30-25(19-6-2-3-7-19)26(37)35-13-12-21(18-10-11-18)24(35)16-34-15-20(32-33-34)14-29-27(38)31-23-9-5-4-8-22(23)28/h4-5,8-9,15,18-19,21,24-25H,2-3,6-7,10-14,16H2,1H3,(H,30,36)(H2,29,31,38). The molecular weight excluding hydrogens is 489 g/mol. The van der Waals surface area contributed by atoms with Crippen molar-refractivity contribution in [1.29, 1.82) is 0 Å². The Bertz CT molecular complexity index is 1160. The van der Waals surface area contributed by atoms with Gasteiger partial charge >= 0.3 is 6.03 Å². The first-order valence-corrected chi connectivity index (χ1v) is 13.6. The van der Waals surface area contributed by atoms with Gasteiger partial charge in [0, 0.05) is 13.5 Å². The van der Waals surface area contributed by atoms with Crippen LogP contribution in [0, 0.1) is 23.6 Å². The van der Waals surface area contributed by atoms with Gasteiger partial charge in [-0.3, -0.25) is 14.3 Å². The predicted octanol–water partition coefficient (Wildman–Crippen LogP) is 3.06. The molecule has 4 amide bonds. The maximum Gasteiger partial charge on any atom is 0.319 e. The topological polar surface area (TPSA) is 121 Å². The number of para-hydroxylation sites is 1. The van der Waals surface area contributed by atoms with Gasteiger partial charge in [-0.1, -0.05) is 30.2 Å². The summed E-state index contributed by atoms with van der Waals surface area (Å²) in [5.74, 6) is 0.548. The third-order valence-electron chi connectivity index (χ3n) is 8.12. The first-order valence-electron chi connectivity index (χ1n) is 13.6. The number of halogens is 1. The van der Waals surface area contributed by atoms with E-state index in [4.69, 9.17) is 0 Å². The van der Waals surface area contributed by atoms with Crippen LogP contribution in [0.2, 0.25) is 0 Å². The number of anilines is 1. The molecule has 38 heavy (non-hydrogen) atoms. The summed E-state index contributed by atoms with van der Waals surface area (Å²) in [5, 5.41) is 16.6. The van der Waals surface area contributed by atoms with Crippen molar-refractivity contribution in [2.45, 2.75) is 77.0 Å². The Morgan fingerprint density at radius 1 is 1.11 bits per heavy atom. The van der Waals surface area contributed by atoms with Crippen LogP contribution in [0.3, 0.4) is 0 Å². The van der Waals surface area contributed by atoms with Crippen LogP contribution in [-0.4, -0.2) is 56.4 Å². The van der Waals surface area contributed by atoms with Crippen LogP contribution in [0.25, 0.3) is 0 Å². The molecule has 0 bridgehead atoms. The van der Waals surface area contributed by atoms with Crippen molar-refractivity contribution in [2.75, 3.05) is 11.9 Å². The van der Waals surface area contributed by atoms with Gasteiger partial charge in [0.2, 0.25) is 11.8 Å². The Kier molecular flexibility index (Phi) is 7.90. The molecule has 204 valence electrons. The van der Waals surface area contributed by atoms with E-state index in [0.29, 0.717) is 30.6 Å². The highest BCUT2D eigenvalue weighted by atomic mass is 19.1. The normalized spacial score (nSPS) is 22.3. The van der Waals surface area contributed by atoms with Gasteiger partial charge in [0.25, 0.3) is 0 Å². The Hall–Kier alpha value is -3.50. The van der Waals surface area contributed by atoms with Crippen molar-refractivity contribution in [1.82, 2.24) is 30.5 Å². The molecule has 3 aliphatic rings. The Morgan fingerprint density at radius 3 is 2.58 bits per heavy atom. The molecule has 10 nitrogen and oxygen atoms in total. The molecule has 2 heterocycles. The lowest BCUT2D eigenvalue weighted by Gasteiger charge is -2.33. The van der Waals surface area contributed by atoms with Crippen LogP contribution < -0.4 is 16.0 Å². The fourth-order valence-corrected chi connectivity index (χ4v) is 6.13. The SMILES string of the molecule is CC(=O)NC(C(=O)N1CCC(C2CC2)C1Cn1cc(CNC(=O)Nc2ccccc2F)nn1)C1CCCC1. The minimum Gasteiger partial charge on any atom is -0.344 e. The van der Waals surface area contributed by atoms with Crippen LogP contribution in [-0.2, 0) is 22.7 Å². The van der Waals surface area contributed by atoms with E-state index in [1.165, 1.54) is 31.9 Å². The molecule has 0 spiro atoms. The van der Waals surface area contributed by atoms with E-state index < -0.39 is 17.9 Å². The number of urea groups is 1. The number of nitrogens with one attached hydrogen (secondary N) is 3. The molecule has 5 rings (SSSR count). The highest BCUT2D eigenvalue weighted by Gasteiger charge is 2.47. The molecule has 2 saturated carbocycles. The molecule has 1 aliphatic heterocycles. The fourth-order valence-electron chi connectivity index (χ4n) is 6.13. The molecule has 3 fully saturated rings. The fraction of sp³-hybridized carbons (Fsp3) is 0.593. The van der Waals surface area contributed by atoms with E-state index in [1.54, 1.807) is 23.0 Å². The molecule has 2 aliphatic carbocycles. The number of nitrogens with zero attached hydrogens (tertiary/aromatic N) is 4. The zero-order chi connectivity index (χ0) is 26.6. The van der Waals surface area contributed by atoms with Crippen LogP contribution in [0.1, 0.15) is 57.6 Å². The summed E-state index contributed by atoms with van der Waals surface area (Å²) in [6.45, 7) is 2.81. The van der Waals surface area contributed by atoms with Crippen molar-refractivity contribution < 1.29 is 18.8 Å². The maximum atomic E-state index is 13.8. The molecule has 1 aromatic carbocycles. The van der Waals surface area contributed by atoms with Crippen molar-refractivity contribution in [3.8, 4) is 0 Å². The lowest BCUT2D eigenvalue weighted by Crippen LogP contribution is -2.54. The second-order valence-electron chi connectivity index (χ2n) is 10.8. The highest BCUT2D eigenvalue weighted by molar-refractivity contribution is 5.89. The first kappa shape index (κ1) is 26.1. The Balaban J connectivity index is 1.23. The zero-order valence-corrected chi connectivity index (χ0v) is 21.7. The number of carbonyl (C=O) groups is 3. The summed E-state index contributed by atoms with van der Waals surface area (Å²) in [6, 6.07) is 4.93. The number of rotatable bonds is 9. The monoisotopic (exact) mass is 525 g/mol. The predicted molar refractivity (Wildman–Crippen MR) is 138 cm³/mol. The van der Waals surface area contributed by atoms with Crippen molar-refractivity contribution in [3.63, 3.8) is 0 Å². The lowest BCUT2D eigenvalue weighted by molar-refractivity contribution is -0.139. The maximum absolute atomic E-state index is 13.8. The number of benzene rings is 1. The second kappa shape index (κ2) is 11.5. The number of aromatic nitrogens is 3. The summed E-state index contributed by atoms with van der Waals surface area (Å²) in [6.07, 6.45) is 9.21. The van der Waals surface area contributed by atoms with Gasteiger partial charge in [-0.2, -0.15) is 0 Å². The second-order valence-corrected chi connectivity index (χ2v) is 10.8. The Morgan fingerprint density at radius 2 is 1.87 bits per heavy atom. The van der Waals surface area contributed by atoms with Gasteiger partial charge in [-0.25, -0.2) is 9.18 Å². The summed E-state index contributed by atoms with van der Waals surface area (Å²) in [5.41, 5.74) is 0.663. The summed E-state index contributed by atoms with van der Waals surface area (Å²) < 4.78 is 15.5. The van der Waals surface area contributed by atoms with E-state index in [1.807, 2.05) is 4.90 Å². The van der Waals surface area contributed by atoms with E-state index in [-0.39, 0.29) is 36.0 Å². The first-order chi connectivity index (χ1) is 18.4. The average molecular weight is 526 g/mol. The molecule has 3 atom stereocenters. The van der Waals surface area contributed by atoms with Gasteiger partial charge < -0.3 is 20.9 Å². The van der Waals surface area contributed by atoms with Crippen LogP contribution in [0.5, 0.6) is 0 Å². The molecule has 1 aromatic heterocycles. The molecule has 0 radical (unpaired) electrons. The van der Waals surface area contributed by atoms with Crippen molar-refractivity contribution in [2.24, 2.45) is 17.8 Å². The van der Waals surface area contributed by atoms with Crippen molar-refractivity contribution in [3.05, 3.63) is 42.0 Å². The quantitative estimate of drug-likeness (QED) is 0.465. The van der Waals surface area contributed by atoms with Gasteiger partial charge in [0.05, 0.1) is 31.0 Å². The van der Waals surface area contributed by atoms with Crippen LogP contribution in [0.15, 0.2) is 30.5 Å². The van der Waals surface area contributed by atoms with Gasteiger partial charge in [-0.15, -0.1) is 5.10 Å². The van der Waals surface area contributed by atoms with Gasteiger partial charge in [0.1, 0.15) is 17.6 Å². The molecular formula is C27H36FN7O3. The van der Waals surface area contributed by atoms with Gasteiger partial charge in [0.15, 0.2) is 0 Å². The third kappa shape index (κ3) is 6.14. The van der Waals surface area contributed by atoms with E-state index in [2.05, 4.69) is 26.3 Å². The number of amides is 4. The van der Waals surface area contributed by atoms with E-state index in [0.717, 1.165) is 32.1 Å². The molecule has 11 heteroatoms. The molecule has 3 unspecified atom stereocenters. The van der Waals surface area contributed by atoms with E-state index in [9.17, 15) is 18.8 Å². The van der Waals surface area contributed by atoms with E-state index >= 15 is 0 Å². The molecule has 2 aromatic rings. The Labute approximate surface area is 221 Å². The lowest BCUT2D eigenvalue weighted by atomic mass is 9.93. The zero-order valence-electron chi connectivity index (χ0n) is 21.7. The summed E-state index contributed by atoms with van der Waals surface area (Å²) >= 11 is 0. The number of likely N-dealkylation sites (tertiary alicyclic amines) is 1. The molecule has 1 saturated heterocycles. The number of carbonyl (C=O) groups excluding carboxylic acids is 3. The smallest absolute Gasteiger partial charge is 0.319 e. The van der Waals surface area contributed by atoms with Crippen LogP contribution >= 0.6 is 0 Å². The summed E-state index contributed by atoms with van der Waals surface area (Å²) in [4.78, 5) is 39.9. The number of hydrogen-bond acceptors (Lipinski definition) is 5. The molecule has 3 N–H and O–H groups in total. The minimum atomic E-state index is -0.540. The minimum absolute atomic E-state index is 0.0143. The summed E-state index contributed by atoms with van der Waals surface area (Å²) in [7, 11) is 0. The average Bonchev–Trinajstić information content (AvgIpc) is 3.26. The third-order valence-corrected chi connectivity index (χ3v) is 8.12. The van der Waals surface area contributed by atoms with Crippen molar-refractivity contribution >= 4 is 23.5 Å². The van der Waals surface area contributed by atoms with Gasteiger partial charge in [-0.05, 0) is 62.0 Å². The largest absolute Gasteiger partial charge is 0.344 e. The number of hydrogen-bond donors (Lipinski definition) is 3. The van der Waals surface area contributed by atoms with Crippen LogP contribution in [0.4, 0.5) is 14.9 Å².